The third kappa shape index (κ3) is 3.50. The predicted molar refractivity (Wildman–Crippen MR) is 97.0 cm³/mol. The summed E-state index contributed by atoms with van der Waals surface area (Å²) in [4.78, 5) is 0. The summed E-state index contributed by atoms with van der Waals surface area (Å²) >= 11 is 0. The maximum absolute atomic E-state index is 10.4. The van der Waals surface area contributed by atoms with Gasteiger partial charge in [-0.2, -0.15) is 0 Å². The highest BCUT2D eigenvalue weighted by atomic mass is 16.3. The van der Waals surface area contributed by atoms with Crippen molar-refractivity contribution in [3.05, 3.63) is 69.8 Å². The zero-order valence-electron chi connectivity index (χ0n) is 14.8. The van der Waals surface area contributed by atoms with Crippen LogP contribution in [-0.4, -0.2) is 5.11 Å². The van der Waals surface area contributed by atoms with Crippen LogP contribution in [0.2, 0.25) is 0 Å². The average molecular weight is 308 g/mol. The molecule has 1 unspecified atom stereocenters. The monoisotopic (exact) mass is 308 g/mol. The highest BCUT2D eigenvalue weighted by Crippen LogP contribution is 2.32. The lowest BCUT2D eigenvalue weighted by Crippen LogP contribution is -2.16. The molecule has 0 heterocycles. The Labute approximate surface area is 140 Å². The third-order valence-electron chi connectivity index (χ3n) is 4.99. The average Bonchev–Trinajstić information content (AvgIpc) is 2.48. The summed E-state index contributed by atoms with van der Waals surface area (Å²) in [5, 5.41) is 10.4. The summed E-state index contributed by atoms with van der Waals surface area (Å²) in [6.07, 6.45) is 3.69. The first-order chi connectivity index (χ1) is 10.8. The Bertz CT molecular complexity index is 660. The van der Waals surface area contributed by atoms with Crippen molar-refractivity contribution in [2.24, 2.45) is 0 Å². The first-order valence-electron chi connectivity index (χ1n) is 8.76. The van der Waals surface area contributed by atoms with Crippen LogP contribution in [0.4, 0.5) is 0 Å². The Morgan fingerprint density at radius 3 is 1.83 bits per heavy atom. The van der Waals surface area contributed by atoms with Crippen molar-refractivity contribution in [2.45, 2.75) is 64.9 Å². The highest BCUT2D eigenvalue weighted by Gasteiger charge is 2.21. The van der Waals surface area contributed by atoms with Crippen molar-refractivity contribution < 1.29 is 5.11 Å². The topological polar surface area (TPSA) is 20.2 Å². The van der Waals surface area contributed by atoms with E-state index in [4.69, 9.17) is 0 Å². The van der Waals surface area contributed by atoms with E-state index in [1.165, 1.54) is 33.4 Å². The number of hydrogen-bond donors (Lipinski definition) is 1. The number of aryl methyl sites for hydroxylation is 4. The van der Waals surface area contributed by atoms with Crippen LogP contribution in [0.5, 0.6) is 0 Å². The maximum Gasteiger partial charge on any atom is 0.0767 e. The standard InChI is InChI=1S/C22H28O/c1-15(23)21-18-10-8-16-6-5-7-17(12-16)9-11-19(21)14-20(13-18)22(2,3)4/h5-7,12-15,23H,8-11H2,1-4H3. The first kappa shape index (κ1) is 16.3. The zero-order chi connectivity index (χ0) is 16.6. The van der Waals surface area contributed by atoms with E-state index >= 15 is 0 Å². The van der Waals surface area contributed by atoms with Crippen molar-refractivity contribution in [3.8, 4) is 0 Å². The second-order valence-electron chi connectivity index (χ2n) is 7.95. The van der Waals surface area contributed by atoms with Crippen LogP contribution in [-0.2, 0) is 31.1 Å². The van der Waals surface area contributed by atoms with Crippen molar-refractivity contribution in [2.75, 3.05) is 0 Å². The Morgan fingerprint density at radius 2 is 1.39 bits per heavy atom. The van der Waals surface area contributed by atoms with Gasteiger partial charge in [0, 0.05) is 0 Å². The van der Waals surface area contributed by atoms with Crippen molar-refractivity contribution in [3.63, 3.8) is 0 Å². The quantitative estimate of drug-likeness (QED) is 0.792. The number of aliphatic hydroxyl groups excluding tert-OH is 1. The molecule has 3 rings (SSSR count). The molecule has 1 atom stereocenters. The zero-order valence-corrected chi connectivity index (χ0v) is 14.8. The predicted octanol–water partition coefficient (Wildman–Crippen LogP) is 4.92. The van der Waals surface area contributed by atoms with Crippen molar-refractivity contribution >= 4 is 0 Å². The van der Waals surface area contributed by atoms with Gasteiger partial charge in [0.15, 0.2) is 0 Å². The number of aliphatic hydroxyl groups is 1. The van der Waals surface area contributed by atoms with Crippen LogP contribution in [0.1, 0.15) is 67.2 Å². The molecule has 0 fully saturated rings. The fraction of sp³-hybridized carbons (Fsp3) is 0.455. The summed E-state index contributed by atoms with van der Waals surface area (Å²) in [6.45, 7) is 8.72. The van der Waals surface area contributed by atoms with Gasteiger partial charge >= 0.3 is 0 Å². The summed E-state index contributed by atoms with van der Waals surface area (Å²) < 4.78 is 0. The molecule has 1 aliphatic carbocycles. The minimum absolute atomic E-state index is 0.138. The molecule has 0 amide bonds. The first-order valence-corrected chi connectivity index (χ1v) is 8.76. The number of hydrogen-bond acceptors (Lipinski definition) is 1. The molecule has 2 aromatic rings. The molecule has 1 nitrogen and oxygen atoms in total. The van der Waals surface area contributed by atoms with Gasteiger partial charge in [0.05, 0.1) is 6.10 Å². The van der Waals surface area contributed by atoms with Gasteiger partial charge in [-0.1, -0.05) is 57.2 Å². The lowest BCUT2D eigenvalue weighted by molar-refractivity contribution is 0.197. The fourth-order valence-electron chi connectivity index (χ4n) is 3.66. The fourth-order valence-corrected chi connectivity index (χ4v) is 3.66. The van der Waals surface area contributed by atoms with Gasteiger partial charge in [0.2, 0.25) is 0 Å². The Morgan fingerprint density at radius 1 is 0.870 bits per heavy atom. The maximum atomic E-state index is 10.4. The van der Waals surface area contributed by atoms with E-state index in [0.717, 1.165) is 25.7 Å². The largest absolute Gasteiger partial charge is 0.389 e. The molecular formula is C22H28O. The Balaban J connectivity index is 2.13. The SMILES string of the molecule is CC(O)c1c2cc(C(C)(C)C)cc1CCc1cccc(c1)CC2. The van der Waals surface area contributed by atoms with Crippen LogP contribution in [0.15, 0.2) is 36.4 Å². The second kappa shape index (κ2) is 6.13. The molecule has 0 aromatic heterocycles. The molecule has 1 N–H and O–H groups in total. The van der Waals surface area contributed by atoms with Gasteiger partial charge in [-0.3, -0.25) is 0 Å². The van der Waals surface area contributed by atoms with Gasteiger partial charge in [0.1, 0.15) is 0 Å². The smallest absolute Gasteiger partial charge is 0.0767 e. The minimum Gasteiger partial charge on any atom is -0.389 e. The van der Waals surface area contributed by atoms with Gasteiger partial charge in [-0.05, 0) is 71.4 Å². The lowest BCUT2D eigenvalue weighted by Gasteiger charge is -2.26. The molecule has 2 aromatic carbocycles. The molecule has 0 radical (unpaired) electrons. The second-order valence-corrected chi connectivity index (χ2v) is 7.95. The molecule has 4 bridgehead atoms. The van der Waals surface area contributed by atoms with E-state index in [2.05, 4.69) is 57.2 Å². The highest BCUT2D eigenvalue weighted by molar-refractivity contribution is 5.44. The molecule has 23 heavy (non-hydrogen) atoms. The van der Waals surface area contributed by atoms with E-state index in [1.807, 2.05) is 6.92 Å². The Kier molecular flexibility index (Phi) is 4.33. The van der Waals surface area contributed by atoms with Crippen LogP contribution in [0.3, 0.4) is 0 Å². The van der Waals surface area contributed by atoms with Gasteiger partial charge < -0.3 is 5.11 Å². The lowest BCUT2D eigenvalue weighted by atomic mass is 9.80. The summed E-state index contributed by atoms with van der Waals surface area (Å²) in [6, 6.07) is 13.6. The van der Waals surface area contributed by atoms with Gasteiger partial charge in [-0.25, -0.2) is 0 Å². The number of rotatable bonds is 1. The van der Waals surface area contributed by atoms with E-state index < -0.39 is 6.10 Å². The van der Waals surface area contributed by atoms with E-state index in [-0.39, 0.29) is 5.41 Å². The third-order valence-corrected chi connectivity index (χ3v) is 4.99. The van der Waals surface area contributed by atoms with Gasteiger partial charge in [0.25, 0.3) is 0 Å². The van der Waals surface area contributed by atoms with Crippen LogP contribution in [0.25, 0.3) is 0 Å². The normalized spacial score (nSPS) is 16.0. The molecule has 122 valence electrons. The summed E-state index contributed by atoms with van der Waals surface area (Å²) in [5.74, 6) is 0. The van der Waals surface area contributed by atoms with Crippen molar-refractivity contribution in [1.82, 2.24) is 0 Å². The molecule has 1 aliphatic rings. The Hall–Kier alpha value is -1.60. The number of fused-ring (bicyclic) bond motifs is 4. The number of benzene rings is 2. The molecular weight excluding hydrogens is 280 g/mol. The molecule has 0 spiro atoms. The summed E-state index contributed by atoms with van der Waals surface area (Å²) in [7, 11) is 0. The van der Waals surface area contributed by atoms with Crippen LogP contribution < -0.4 is 0 Å². The minimum atomic E-state index is -0.396. The molecule has 0 saturated heterocycles. The van der Waals surface area contributed by atoms with Crippen LogP contribution >= 0.6 is 0 Å². The molecule has 0 saturated carbocycles. The summed E-state index contributed by atoms with van der Waals surface area (Å²) in [5.41, 5.74) is 8.16. The van der Waals surface area contributed by atoms with Crippen LogP contribution in [0, 0.1) is 0 Å². The van der Waals surface area contributed by atoms with Gasteiger partial charge in [-0.15, -0.1) is 0 Å². The van der Waals surface area contributed by atoms with E-state index in [0.29, 0.717) is 0 Å². The molecule has 0 aliphatic heterocycles. The molecule has 1 heteroatoms. The van der Waals surface area contributed by atoms with E-state index in [1.54, 1.807) is 0 Å². The van der Waals surface area contributed by atoms with Crippen molar-refractivity contribution in [1.29, 1.82) is 0 Å². The van der Waals surface area contributed by atoms with E-state index in [9.17, 15) is 5.11 Å².